The number of imide groups is 1. The van der Waals surface area contributed by atoms with Gasteiger partial charge in [0.2, 0.25) is 11.8 Å². The molecule has 3 fully saturated rings. The van der Waals surface area contributed by atoms with Crippen LogP contribution in [0.4, 0.5) is 11.4 Å². The van der Waals surface area contributed by atoms with Crippen LogP contribution in [-0.4, -0.2) is 41.7 Å². The molecule has 2 N–H and O–H groups in total. The van der Waals surface area contributed by atoms with Crippen LogP contribution < -0.4 is 24.6 Å². The van der Waals surface area contributed by atoms with Gasteiger partial charge in [-0.15, -0.1) is 11.8 Å². The number of anilines is 2. The van der Waals surface area contributed by atoms with Crippen LogP contribution in [0.25, 0.3) is 0 Å². The number of amides is 3. The summed E-state index contributed by atoms with van der Waals surface area (Å²) in [6.07, 6.45) is 0.806. The summed E-state index contributed by atoms with van der Waals surface area (Å²) in [6.45, 7) is -0.179. The van der Waals surface area contributed by atoms with Crippen LogP contribution in [-0.2, 0) is 14.4 Å². The van der Waals surface area contributed by atoms with Crippen LogP contribution in [0.5, 0.6) is 11.5 Å². The third-order valence-electron chi connectivity index (χ3n) is 9.77. The second-order valence-corrected chi connectivity index (χ2v) is 15.2. The van der Waals surface area contributed by atoms with Crippen molar-refractivity contribution in [1.29, 1.82) is 0 Å². The minimum Gasteiger partial charge on any atom is -0.497 e. The molecule has 0 radical (unpaired) electrons. The highest BCUT2D eigenvalue weighted by Crippen LogP contribution is 2.68. The Bertz CT molecular complexity index is 1930. The Kier molecular flexibility index (Phi) is 7.34. The maximum absolute atomic E-state index is 14.0. The van der Waals surface area contributed by atoms with Crippen molar-refractivity contribution in [2.45, 2.75) is 22.6 Å². The smallest absolute Gasteiger partial charge is 0.305 e. The first-order chi connectivity index (χ1) is 22.3. The molecule has 12 heteroatoms. The number of benzene rings is 3. The predicted molar refractivity (Wildman–Crippen MR) is 179 cm³/mol. The fourth-order valence-electron chi connectivity index (χ4n) is 8.05. The maximum atomic E-state index is 14.0. The number of halogens is 1. The average Bonchev–Trinajstić information content (AvgIpc) is 3.80. The van der Waals surface area contributed by atoms with Crippen molar-refractivity contribution in [3.8, 4) is 11.5 Å². The lowest BCUT2D eigenvalue weighted by molar-refractivity contribution is -0.123. The normalized spacial score (nSPS) is 27.3. The van der Waals surface area contributed by atoms with Crippen molar-refractivity contribution in [3.63, 3.8) is 0 Å². The highest BCUT2D eigenvalue weighted by atomic mass is 79.9. The minimum absolute atomic E-state index is 0.000371. The van der Waals surface area contributed by atoms with Crippen molar-refractivity contribution in [1.82, 2.24) is 4.98 Å². The molecule has 46 heavy (non-hydrogen) atoms. The van der Waals surface area contributed by atoms with Crippen LogP contribution in [0.2, 0.25) is 0 Å². The molecule has 3 amide bonds. The predicted octanol–water partition coefficient (Wildman–Crippen LogP) is 5.90. The van der Waals surface area contributed by atoms with E-state index in [-0.39, 0.29) is 70.0 Å². The topological polar surface area (TPSA) is 118 Å². The van der Waals surface area contributed by atoms with Gasteiger partial charge in [0, 0.05) is 26.2 Å². The van der Waals surface area contributed by atoms with Crippen molar-refractivity contribution >= 4 is 68.1 Å². The quantitative estimate of drug-likeness (QED) is 0.229. The zero-order valence-electron chi connectivity index (χ0n) is 24.5. The average molecular weight is 719 g/mol. The fraction of sp³-hybridized carbons (Fsp3) is 0.294. The molecular weight excluding hydrogens is 690 g/mol. The van der Waals surface area contributed by atoms with Crippen molar-refractivity contribution in [2.24, 2.45) is 29.6 Å². The summed E-state index contributed by atoms with van der Waals surface area (Å²) in [5, 5.41) is 3.75. The number of fused-ring (bicyclic) bond motifs is 9. The van der Waals surface area contributed by atoms with Gasteiger partial charge >= 0.3 is 4.87 Å². The summed E-state index contributed by atoms with van der Waals surface area (Å²) >= 11 is 6.31. The monoisotopic (exact) mass is 717 g/mol. The third kappa shape index (κ3) is 4.80. The molecule has 3 aromatic carbocycles. The molecule has 3 heterocycles. The maximum Gasteiger partial charge on any atom is 0.305 e. The van der Waals surface area contributed by atoms with E-state index in [9.17, 15) is 19.2 Å². The van der Waals surface area contributed by atoms with E-state index in [4.69, 9.17) is 9.47 Å². The summed E-state index contributed by atoms with van der Waals surface area (Å²) < 4.78 is 12.0. The number of hydrogen-bond acceptors (Lipinski definition) is 8. The van der Waals surface area contributed by atoms with E-state index >= 15 is 0 Å². The van der Waals surface area contributed by atoms with Crippen LogP contribution >= 0.6 is 39.0 Å². The molecule has 1 saturated heterocycles. The number of H-pyrrole nitrogens is 1. The molecule has 234 valence electrons. The Morgan fingerprint density at radius 3 is 2.46 bits per heavy atom. The second kappa shape index (κ2) is 11.4. The second-order valence-electron chi connectivity index (χ2n) is 12.1. The minimum atomic E-state index is -0.385. The lowest BCUT2D eigenvalue weighted by Crippen LogP contribution is -2.42. The van der Waals surface area contributed by atoms with E-state index in [0.717, 1.165) is 26.4 Å². The van der Waals surface area contributed by atoms with Crippen LogP contribution in [0, 0.1) is 29.6 Å². The zero-order valence-corrected chi connectivity index (χ0v) is 27.7. The van der Waals surface area contributed by atoms with E-state index in [1.165, 1.54) is 16.2 Å². The van der Waals surface area contributed by atoms with Crippen LogP contribution in [0.15, 0.2) is 87.1 Å². The Balaban J connectivity index is 1.07. The molecule has 1 aromatic heterocycles. The van der Waals surface area contributed by atoms with E-state index in [0.29, 0.717) is 22.9 Å². The summed E-state index contributed by atoms with van der Waals surface area (Å²) in [7, 11) is 1.58. The highest BCUT2D eigenvalue weighted by Gasteiger charge is 2.69. The number of nitrogens with one attached hydrogen (secondary N) is 2. The summed E-state index contributed by atoms with van der Waals surface area (Å²) in [6, 6.07) is 22.0. The van der Waals surface area contributed by atoms with Crippen molar-refractivity contribution in [2.75, 3.05) is 23.9 Å². The molecule has 4 aliphatic rings. The Morgan fingerprint density at radius 2 is 1.72 bits per heavy atom. The first-order valence-electron chi connectivity index (χ1n) is 15.0. The molecule has 2 aliphatic heterocycles. The zero-order chi connectivity index (χ0) is 31.7. The standard InChI is InChI=1S/C34H28BrN3O6S2/c1-43-20-11-7-18(8-12-20)36-24(39)15-44-21-4-2-3-16(13-21)25-26-22-14-23(29(26)45-31-30(25)46-34(42)37-31)28-27(22)32(40)38(33(28)41)19-9-5-17(35)6-10-19/h2-13,22-23,25-29H,14-15H2,1H3,(H,36,39)(H,37,42)/t22-,23-,25+,26-,27+,28+,29-/m1/s1. The number of rotatable bonds is 7. The number of carbonyl (C=O) groups excluding carboxylic acids is 3. The van der Waals surface area contributed by atoms with Gasteiger partial charge in [-0.05, 0) is 90.4 Å². The van der Waals surface area contributed by atoms with Gasteiger partial charge in [0.25, 0.3) is 5.91 Å². The van der Waals surface area contributed by atoms with Gasteiger partial charge in [-0.25, -0.2) is 0 Å². The molecule has 2 bridgehead atoms. The first kappa shape index (κ1) is 29.5. The highest BCUT2D eigenvalue weighted by molar-refractivity contribution is 9.10. The number of ether oxygens (including phenoxy) is 2. The lowest BCUT2D eigenvalue weighted by atomic mass is 9.68. The van der Waals surface area contributed by atoms with Crippen LogP contribution in [0.1, 0.15) is 22.8 Å². The van der Waals surface area contributed by atoms with Gasteiger partial charge in [-0.2, -0.15) is 0 Å². The summed E-state index contributed by atoms with van der Waals surface area (Å²) in [5.41, 5.74) is 2.20. The number of hydrogen-bond donors (Lipinski definition) is 2. The number of thiazole rings is 1. The van der Waals surface area contributed by atoms with Crippen LogP contribution in [0.3, 0.4) is 0 Å². The van der Waals surface area contributed by atoms with E-state index < -0.39 is 0 Å². The molecule has 8 rings (SSSR count). The number of nitrogens with zero attached hydrogens (tertiary/aromatic N) is 1. The van der Waals surface area contributed by atoms with Gasteiger partial charge in [0.15, 0.2) is 6.61 Å². The number of aromatic nitrogens is 1. The van der Waals surface area contributed by atoms with Gasteiger partial charge in [-0.3, -0.25) is 24.1 Å². The van der Waals surface area contributed by atoms with Crippen molar-refractivity contribution in [3.05, 3.63) is 97.4 Å². The van der Waals surface area contributed by atoms with Gasteiger partial charge in [-0.1, -0.05) is 39.4 Å². The van der Waals surface area contributed by atoms with Gasteiger partial charge in [0.1, 0.15) is 11.5 Å². The fourth-order valence-corrected chi connectivity index (χ4v) is 11.2. The van der Waals surface area contributed by atoms with E-state index in [1.807, 2.05) is 36.4 Å². The lowest BCUT2D eigenvalue weighted by Gasteiger charge is -2.43. The number of carbonyl (C=O) groups is 3. The molecule has 2 aliphatic carbocycles. The van der Waals surface area contributed by atoms with Crippen molar-refractivity contribution < 1.29 is 23.9 Å². The molecule has 2 saturated carbocycles. The third-order valence-corrected chi connectivity index (χ3v) is 12.9. The molecular formula is C34H28BrN3O6S2. The number of thioether (sulfide) groups is 1. The largest absolute Gasteiger partial charge is 0.497 e. The number of aromatic amines is 1. The summed E-state index contributed by atoms with van der Waals surface area (Å²) in [5.74, 6) is -0.110. The van der Waals surface area contributed by atoms with Gasteiger partial charge in [0.05, 0.1) is 29.7 Å². The first-order valence-corrected chi connectivity index (χ1v) is 17.5. The molecule has 4 aromatic rings. The van der Waals surface area contributed by atoms with E-state index in [1.54, 1.807) is 55.3 Å². The van der Waals surface area contributed by atoms with E-state index in [2.05, 4.69) is 26.2 Å². The van der Waals surface area contributed by atoms with Gasteiger partial charge < -0.3 is 19.8 Å². The SMILES string of the molecule is COc1ccc(NC(=O)COc2cccc([C@@H]3c4sc(=O)[nH]c4S[C@@H]4[C@@H]5C[C@@H]([C@@H]6C(=O)N(c7ccc(Br)cc7)C(=O)[C@@H]56)[C@H]34)c2)cc1. The molecule has 9 nitrogen and oxygen atoms in total. The Hall–Kier alpha value is -3.87. The number of methoxy groups -OCH3 is 1. The molecule has 0 unspecified atom stereocenters. The Labute approximate surface area is 280 Å². The Morgan fingerprint density at radius 1 is 0.978 bits per heavy atom. The summed E-state index contributed by atoms with van der Waals surface area (Å²) in [4.78, 5) is 58.4. The molecule has 7 atom stereocenters. The molecule has 0 spiro atoms.